The first-order chi connectivity index (χ1) is 7.26. The normalized spacial score (nSPS) is 15.9. The lowest BCUT2D eigenvalue weighted by molar-refractivity contribution is 0.159. The molecular formula is C12H17BrO2S. The maximum atomic E-state index is 12.3. The molecule has 2 atom stereocenters. The standard InChI is InChI=1S/C12H17BrO2S/c1-8-5-6-10(7-11(8)13)16(15)12(3,4)9(2)14/h5-7,9,14H,1-4H3. The zero-order chi connectivity index (χ0) is 12.5. The average Bonchev–Trinajstić information content (AvgIpc) is 2.20. The molecule has 2 unspecified atom stereocenters. The minimum atomic E-state index is -1.22. The summed E-state index contributed by atoms with van der Waals surface area (Å²) in [6.07, 6.45) is -0.617. The van der Waals surface area contributed by atoms with Gasteiger partial charge in [-0.3, -0.25) is 4.21 Å². The molecule has 1 aromatic carbocycles. The Morgan fingerprint density at radius 3 is 2.44 bits per heavy atom. The molecule has 1 aromatic rings. The molecule has 0 aliphatic carbocycles. The second-order valence-corrected chi connectivity index (χ2v) is 7.37. The highest BCUT2D eigenvalue weighted by atomic mass is 79.9. The van der Waals surface area contributed by atoms with Gasteiger partial charge in [-0.1, -0.05) is 22.0 Å². The van der Waals surface area contributed by atoms with Crippen molar-refractivity contribution in [2.75, 3.05) is 0 Å². The van der Waals surface area contributed by atoms with E-state index in [1.807, 2.05) is 39.0 Å². The lowest BCUT2D eigenvalue weighted by atomic mass is 10.1. The van der Waals surface area contributed by atoms with E-state index in [0.29, 0.717) is 0 Å². The molecule has 0 aliphatic heterocycles. The van der Waals surface area contributed by atoms with Gasteiger partial charge in [-0.2, -0.15) is 0 Å². The number of hydrogen-bond donors (Lipinski definition) is 1. The number of halogens is 1. The maximum absolute atomic E-state index is 12.3. The highest BCUT2D eigenvalue weighted by molar-refractivity contribution is 9.10. The Morgan fingerprint density at radius 1 is 1.44 bits per heavy atom. The molecule has 0 saturated heterocycles. The van der Waals surface area contributed by atoms with Gasteiger partial charge in [0.2, 0.25) is 0 Å². The molecular weight excluding hydrogens is 288 g/mol. The number of aryl methyl sites for hydroxylation is 1. The zero-order valence-corrected chi connectivity index (χ0v) is 12.4. The van der Waals surface area contributed by atoms with Crippen LogP contribution in [-0.2, 0) is 10.8 Å². The van der Waals surface area contributed by atoms with Crippen molar-refractivity contribution < 1.29 is 9.32 Å². The fourth-order valence-corrected chi connectivity index (χ4v) is 3.01. The van der Waals surface area contributed by atoms with E-state index in [0.717, 1.165) is 14.9 Å². The summed E-state index contributed by atoms with van der Waals surface area (Å²) in [7, 11) is -1.22. The van der Waals surface area contributed by atoms with E-state index in [-0.39, 0.29) is 0 Å². The summed E-state index contributed by atoms with van der Waals surface area (Å²) in [5.41, 5.74) is 1.11. The molecule has 1 rings (SSSR count). The first-order valence-corrected chi connectivity index (χ1v) is 7.07. The van der Waals surface area contributed by atoms with Gasteiger partial charge >= 0.3 is 0 Å². The third-order valence-electron chi connectivity index (χ3n) is 2.84. The van der Waals surface area contributed by atoms with Crippen LogP contribution in [0.25, 0.3) is 0 Å². The third kappa shape index (κ3) is 2.73. The van der Waals surface area contributed by atoms with Gasteiger partial charge in [0.05, 0.1) is 21.7 Å². The minimum Gasteiger partial charge on any atom is -0.392 e. The molecule has 2 nitrogen and oxygen atoms in total. The Hall–Kier alpha value is -0.190. The van der Waals surface area contributed by atoms with Crippen LogP contribution >= 0.6 is 15.9 Å². The molecule has 90 valence electrons. The quantitative estimate of drug-likeness (QED) is 0.932. The summed E-state index contributed by atoms with van der Waals surface area (Å²) in [6, 6.07) is 5.63. The van der Waals surface area contributed by atoms with Crippen molar-refractivity contribution in [2.45, 2.75) is 43.4 Å². The van der Waals surface area contributed by atoms with Crippen LogP contribution in [0.15, 0.2) is 27.6 Å². The van der Waals surface area contributed by atoms with Crippen LogP contribution in [-0.4, -0.2) is 20.2 Å². The predicted octanol–water partition coefficient (Wildman–Crippen LogP) is 3.02. The third-order valence-corrected chi connectivity index (χ3v) is 5.67. The molecule has 0 fully saturated rings. The van der Waals surface area contributed by atoms with E-state index in [1.165, 1.54) is 0 Å². The Kier molecular flexibility index (Phi) is 4.32. The van der Waals surface area contributed by atoms with Crippen molar-refractivity contribution in [1.29, 1.82) is 0 Å². The van der Waals surface area contributed by atoms with Gasteiger partial charge in [-0.05, 0) is 45.4 Å². The molecule has 1 N–H and O–H groups in total. The van der Waals surface area contributed by atoms with Crippen molar-refractivity contribution in [3.8, 4) is 0 Å². The number of aliphatic hydroxyl groups excluding tert-OH is 1. The Bertz CT molecular complexity index is 413. The topological polar surface area (TPSA) is 37.3 Å². The van der Waals surface area contributed by atoms with Gasteiger partial charge in [-0.15, -0.1) is 0 Å². The first-order valence-electron chi connectivity index (χ1n) is 5.13. The van der Waals surface area contributed by atoms with Crippen LogP contribution < -0.4 is 0 Å². The van der Waals surface area contributed by atoms with Gasteiger partial charge in [-0.25, -0.2) is 0 Å². The van der Waals surface area contributed by atoms with E-state index in [1.54, 1.807) is 6.92 Å². The number of aliphatic hydroxyl groups is 1. The molecule has 0 saturated carbocycles. The molecule has 0 amide bonds. The van der Waals surface area contributed by atoms with E-state index < -0.39 is 21.7 Å². The van der Waals surface area contributed by atoms with Gasteiger partial charge in [0.15, 0.2) is 0 Å². The Labute approximate surface area is 108 Å². The molecule has 0 radical (unpaired) electrons. The van der Waals surface area contributed by atoms with Crippen LogP contribution in [0.1, 0.15) is 26.3 Å². The highest BCUT2D eigenvalue weighted by Gasteiger charge is 2.32. The zero-order valence-electron chi connectivity index (χ0n) is 9.95. The molecule has 0 aromatic heterocycles. The van der Waals surface area contributed by atoms with Crippen molar-refractivity contribution in [2.24, 2.45) is 0 Å². The second-order valence-electron chi connectivity index (χ2n) is 4.46. The van der Waals surface area contributed by atoms with Crippen molar-refractivity contribution in [3.05, 3.63) is 28.2 Å². The van der Waals surface area contributed by atoms with Crippen LogP contribution in [0, 0.1) is 6.92 Å². The van der Waals surface area contributed by atoms with Crippen molar-refractivity contribution in [3.63, 3.8) is 0 Å². The average molecular weight is 305 g/mol. The summed E-state index contributed by atoms with van der Waals surface area (Å²) in [5, 5.41) is 9.63. The molecule has 0 bridgehead atoms. The highest BCUT2D eigenvalue weighted by Crippen LogP contribution is 2.27. The van der Waals surface area contributed by atoms with E-state index in [4.69, 9.17) is 0 Å². The molecule has 16 heavy (non-hydrogen) atoms. The van der Waals surface area contributed by atoms with Crippen LogP contribution in [0.4, 0.5) is 0 Å². The first kappa shape index (κ1) is 13.9. The minimum absolute atomic E-state index is 0.617. The second kappa shape index (κ2) is 4.98. The van der Waals surface area contributed by atoms with Crippen LogP contribution in [0.5, 0.6) is 0 Å². The number of hydrogen-bond acceptors (Lipinski definition) is 2. The van der Waals surface area contributed by atoms with Crippen LogP contribution in [0.3, 0.4) is 0 Å². The lowest BCUT2D eigenvalue weighted by Crippen LogP contribution is -2.38. The van der Waals surface area contributed by atoms with Crippen molar-refractivity contribution >= 4 is 26.7 Å². The summed E-state index contributed by atoms with van der Waals surface area (Å²) < 4.78 is 12.6. The van der Waals surface area contributed by atoms with E-state index in [2.05, 4.69) is 15.9 Å². The summed E-state index contributed by atoms with van der Waals surface area (Å²) in [4.78, 5) is 0.739. The summed E-state index contributed by atoms with van der Waals surface area (Å²) in [6.45, 7) is 7.26. The Morgan fingerprint density at radius 2 is 2.00 bits per heavy atom. The lowest BCUT2D eigenvalue weighted by Gasteiger charge is -2.27. The molecule has 4 heteroatoms. The summed E-state index contributed by atoms with van der Waals surface area (Å²) >= 11 is 3.42. The molecule has 0 spiro atoms. The van der Waals surface area contributed by atoms with Gasteiger partial charge in [0.25, 0.3) is 0 Å². The van der Waals surface area contributed by atoms with Crippen molar-refractivity contribution in [1.82, 2.24) is 0 Å². The van der Waals surface area contributed by atoms with E-state index >= 15 is 0 Å². The Balaban J connectivity index is 3.11. The fraction of sp³-hybridized carbons (Fsp3) is 0.500. The smallest absolute Gasteiger partial charge is 0.0705 e. The van der Waals surface area contributed by atoms with Gasteiger partial charge < -0.3 is 5.11 Å². The molecule has 0 heterocycles. The molecule has 0 aliphatic rings. The summed E-state index contributed by atoms with van der Waals surface area (Å²) in [5.74, 6) is 0. The largest absolute Gasteiger partial charge is 0.392 e. The SMILES string of the molecule is Cc1ccc(S(=O)C(C)(C)C(C)O)cc1Br. The number of benzene rings is 1. The fourth-order valence-electron chi connectivity index (χ4n) is 1.15. The predicted molar refractivity (Wildman–Crippen MR) is 71.0 cm³/mol. The monoisotopic (exact) mass is 304 g/mol. The van der Waals surface area contributed by atoms with E-state index in [9.17, 15) is 9.32 Å². The maximum Gasteiger partial charge on any atom is 0.0705 e. The van der Waals surface area contributed by atoms with Gasteiger partial charge in [0.1, 0.15) is 0 Å². The van der Waals surface area contributed by atoms with Crippen LogP contribution in [0.2, 0.25) is 0 Å². The number of rotatable bonds is 3. The van der Waals surface area contributed by atoms with Gasteiger partial charge in [0, 0.05) is 9.37 Å².